The molecule has 1 aromatic rings. The number of likely N-dealkylation sites (tertiary alicyclic amines) is 1. The lowest BCUT2D eigenvalue weighted by Gasteiger charge is -2.20. The van der Waals surface area contributed by atoms with Crippen LogP contribution < -0.4 is 5.32 Å². The van der Waals surface area contributed by atoms with Gasteiger partial charge in [-0.25, -0.2) is 0 Å². The summed E-state index contributed by atoms with van der Waals surface area (Å²) in [4.78, 5) is 26.3. The summed E-state index contributed by atoms with van der Waals surface area (Å²) in [6.45, 7) is 1.70. The van der Waals surface area contributed by atoms with Crippen LogP contribution in [0.1, 0.15) is 59.2 Å². The van der Waals surface area contributed by atoms with E-state index in [1.807, 2.05) is 4.90 Å². The third kappa shape index (κ3) is 3.63. The molecule has 4 heteroatoms. The van der Waals surface area contributed by atoms with Crippen LogP contribution in [-0.4, -0.2) is 35.8 Å². The predicted molar refractivity (Wildman–Crippen MR) is 81.3 cm³/mol. The summed E-state index contributed by atoms with van der Waals surface area (Å²) in [5, 5.41) is 2.96. The van der Waals surface area contributed by atoms with E-state index in [1.165, 1.54) is 12.8 Å². The quantitative estimate of drug-likeness (QED) is 0.928. The first-order chi connectivity index (χ1) is 10.2. The molecule has 3 rings (SSSR count). The summed E-state index contributed by atoms with van der Waals surface area (Å²) in [7, 11) is 0. The van der Waals surface area contributed by atoms with Crippen LogP contribution in [0.15, 0.2) is 24.3 Å². The largest absolute Gasteiger partial charge is 0.349 e. The third-order valence-electron chi connectivity index (χ3n) is 4.20. The van der Waals surface area contributed by atoms with Gasteiger partial charge in [0.1, 0.15) is 0 Å². The van der Waals surface area contributed by atoms with E-state index in [9.17, 15) is 9.59 Å². The van der Waals surface area contributed by atoms with E-state index in [0.717, 1.165) is 38.8 Å². The van der Waals surface area contributed by atoms with E-state index in [1.54, 1.807) is 24.3 Å². The lowest BCUT2D eigenvalue weighted by Crippen LogP contribution is -2.32. The summed E-state index contributed by atoms with van der Waals surface area (Å²) >= 11 is 0. The average Bonchev–Trinajstić information content (AvgIpc) is 3.33. The molecule has 0 spiro atoms. The van der Waals surface area contributed by atoms with Gasteiger partial charge in [-0.1, -0.05) is 12.8 Å². The molecule has 1 aliphatic carbocycles. The zero-order valence-electron chi connectivity index (χ0n) is 12.3. The van der Waals surface area contributed by atoms with Gasteiger partial charge >= 0.3 is 0 Å². The van der Waals surface area contributed by atoms with Crippen molar-refractivity contribution in [3.8, 4) is 0 Å². The molecule has 0 aromatic heterocycles. The highest BCUT2D eigenvalue weighted by molar-refractivity contribution is 5.98. The molecule has 1 aromatic carbocycles. The molecular weight excluding hydrogens is 264 g/mol. The second-order valence-corrected chi connectivity index (χ2v) is 6.03. The Morgan fingerprint density at radius 3 is 2.05 bits per heavy atom. The van der Waals surface area contributed by atoms with Crippen molar-refractivity contribution in [2.45, 2.75) is 44.6 Å². The van der Waals surface area contributed by atoms with E-state index in [-0.39, 0.29) is 11.8 Å². The lowest BCUT2D eigenvalue weighted by atomic mass is 10.1. The molecule has 0 unspecified atom stereocenters. The van der Waals surface area contributed by atoms with Gasteiger partial charge in [-0.2, -0.15) is 0 Å². The average molecular weight is 286 g/mol. The van der Waals surface area contributed by atoms with Crippen LogP contribution in [0.3, 0.4) is 0 Å². The molecule has 21 heavy (non-hydrogen) atoms. The van der Waals surface area contributed by atoms with Crippen LogP contribution in [0.5, 0.6) is 0 Å². The molecule has 1 aliphatic heterocycles. The first-order valence-corrected chi connectivity index (χ1v) is 7.94. The van der Waals surface area contributed by atoms with E-state index >= 15 is 0 Å². The molecule has 0 atom stereocenters. The molecule has 2 fully saturated rings. The molecule has 1 heterocycles. The molecule has 0 bridgehead atoms. The number of rotatable bonds is 3. The Labute approximate surface area is 125 Å². The second kappa shape index (κ2) is 6.29. The molecule has 1 N–H and O–H groups in total. The number of benzene rings is 1. The van der Waals surface area contributed by atoms with Crippen LogP contribution in [0.25, 0.3) is 0 Å². The maximum atomic E-state index is 12.4. The van der Waals surface area contributed by atoms with Crippen LogP contribution in [0.2, 0.25) is 0 Å². The summed E-state index contributed by atoms with van der Waals surface area (Å²) in [6.07, 6.45) is 6.77. The summed E-state index contributed by atoms with van der Waals surface area (Å²) in [5.74, 6) is 0.0531. The first kappa shape index (κ1) is 14.1. The molecule has 4 nitrogen and oxygen atoms in total. The number of nitrogens with zero attached hydrogens (tertiary/aromatic N) is 1. The fraction of sp³-hybridized carbons (Fsp3) is 0.529. The molecular formula is C17H22N2O2. The van der Waals surface area contributed by atoms with Gasteiger partial charge in [0.25, 0.3) is 11.8 Å². The van der Waals surface area contributed by atoms with Crippen molar-refractivity contribution in [2.24, 2.45) is 0 Å². The third-order valence-corrected chi connectivity index (χ3v) is 4.20. The smallest absolute Gasteiger partial charge is 0.253 e. The fourth-order valence-electron chi connectivity index (χ4n) is 2.72. The summed E-state index contributed by atoms with van der Waals surface area (Å²) in [6, 6.07) is 7.41. The topological polar surface area (TPSA) is 49.4 Å². The Morgan fingerprint density at radius 1 is 0.905 bits per heavy atom. The fourth-order valence-corrected chi connectivity index (χ4v) is 2.72. The summed E-state index contributed by atoms with van der Waals surface area (Å²) in [5.41, 5.74) is 1.31. The molecule has 112 valence electrons. The lowest BCUT2D eigenvalue weighted by molar-refractivity contribution is 0.0761. The highest BCUT2D eigenvalue weighted by Crippen LogP contribution is 2.19. The normalized spacial score (nSPS) is 19.0. The highest BCUT2D eigenvalue weighted by Gasteiger charge is 2.24. The van der Waals surface area contributed by atoms with Gasteiger partial charge in [0.15, 0.2) is 0 Å². The number of hydrogen-bond acceptors (Lipinski definition) is 2. The molecule has 2 amide bonds. The minimum atomic E-state index is -0.0359. The summed E-state index contributed by atoms with van der Waals surface area (Å²) < 4.78 is 0. The Bertz CT molecular complexity index is 512. The Kier molecular flexibility index (Phi) is 4.23. The maximum absolute atomic E-state index is 12.4. The zero-order valence-corrected chi connectivity index (χ0v) is 12.3. The standard InChI is InChI=1S/C17H22N2O2/c20-16(18-15-9-10-15)13-5-7-14(8-6-13)17(21)19-11-3-1-2-4-12-19/h5-8,15H,1-4,9-12H2,(H,18,20). The highest BCUT2D eigenvalue weighted by atomic mass is 16.2. The van der Waals surface area contributed by atoms with Gasteiger partial charge < -0.3 is 10.2 Å². The minimum absolute atomic E-state index is 0.0359. The number of nitrogens with one attached hydrogen (secondary N) is 1. The van der Waals surface area contributed by atoms with Crippen molar-refractivity contribution in [3.63, 3.8) is 0 Å². The van der Waals surface area contributed by atoms with Gasteiger partial charge in [0.05, 0.1) is 0 Å². The van der Waals surface area contributed by atoms with Crippen molar-refractivity contribution in [1.29, 1.82) is 0 Å². The number of amides is 2. The maximum Gasteiger partial charge on any atom is 0.253 e. The van der Waals surface area contributed by atoms with Gasteiger partial charge in [0, 0.05) is 30.3 Å². The van der Waals surface area contributed by atoms with Crippen LogP contribution in [0, 0.1) is 0 Å². The van der Waals surface area contributed by atoms with E-state index < -0.39 is 0 Å². The van der Waals surface area contributed by atoms with Gasteiger partial charge in [0.2, 0.25) is 0 Å². The molecule has 2 aliphatic rings. The van der Waals surface area contributed by atoms with Crippen molar-refractivity contribution in [3.05, 3.63) is 35.4 Å². The second-order valence-electron chi connectivity index (χ2n) is 6.03. The molecule has 0 radical (unpaired) electrons. The Hall–Kier alpha value is -1.84. The van der Waals surface area contributed by atoms with Crippen molar-refractivity contribution >= 4 is 11.8 Å². The van der Waals surface area contributed by atoms with Crippen molar-refractivity contribution in [1.82, 2.24) is 10.2 Å². The SMILES string of the molecule is O=C(NC1CC1)c1ccc(C(=O)N2CCCCCC2)cc1. The van der Waals surface area contributed by atoms with E-state index in [0.29, 0.717) is 17.2 Å². The van der Waals surface area contributed by atoms with Crippen LogP contribution in [-0.2, 0) is 0 Å². The number of carbonyl (C=O) groups excluding carboxylic acids is 2. The van der Waals surface area contributed by atoms with Crippen LogP contribution >= 0.6 is 0 Å². The monoisotopic (exact) mass is 286 g/mol. The van der Waals surface area contributed by atoms with E-state index in [2.05, 4.69) is 5.32 Å². The molecule has 1 saturated heterocycles. The Balaban J connectivity index is 1.64. The van der Waals surface area contributed by atoms with Crippen molar-refractivity contribution in [2.75, 3.05) is 13.1 Å². The zero-order chi connectivity index (χ0) is 14.7. The number of hydrogen-bond donors (Lipinski definition) is 1. The molecule has 1 saturated carbocycles. The Morgan fingerprint density at radius 2 is 1.48 bits per heavy atom. The van der Waals surface area contributed by atoms with E-state index in [4.69, 9.17) is 0 Å². The van der Waals surface area contributed by atoms with Crippen LogP contribution in [0.4, 0.5) is 0 Å². The van der Waals surface area contributed by atoms with Crippen molar-refractivity contribution < 1.29 is 9.59 Å². The predicted octanol–water partition coefficient (Wildman–Crippen LogP) is 2.60. The first-order valence-electron chi connectivity index (χ1n) is 7.94. The van der Waals surface area contributed by atoms with Gasteiger partial charge in [-0.15, -0.1) is 0 Å². The minimum Gasteiger partial charge on any atom is -0.349 e. The van der Waals surface area contributed by atoms with Gasteiger partial charge in [-0.3, -0.25) is 9.59 Å². The van der Waals surface area contributed by atoms with Gasteiger partial charge in [-0.05, 0) is 49.9 Å². The number of carbonyl (C=O) groups is 2.